The highest BCUT2D eigenvalue weighted by atomic mass is 32.2. The van der Waals surface area contributed by atoms with E-state index in [4.69, 9.17) is 9.47 Å². The molecule has 0 saturated heterocycles. The molecule has 2 aromatic heterocycles. The van der Waals surface area contributed by atoms with Crippen LogP contribution in [0.2, 0.25) is 0 Å². The smallest absolute Gasteiger partial charge is 0.390 e. The van der Waals surface area contributed by atoms with Gasteiger partial charge < -0.3 is 24.9 Å². The maximum atomic E-state index is 12.7. The molecule has 0 aliphatic heterocycles. The number of amides is 1. The van der Waals surface area contributed by atoms with Gasteiger partial charge in [0.2, 0.25) is 11.8 Å². The molecule has 0 radical (unpaired) electrons. The summed E-state index contributed by atoms with van der Waals surface area (Å²) in [4.78, 5) is 30.1. The lowest BCUT2D eigenvalue weighted by atomic mass is 10.3. The number of hydrogen-bond donors (Lipinski definition) is 2. The van der Waals surface area contributed by atoms with Gasteiger partial charge in [0.1, 0.15) is 6.54 Å². The van der Waals surface area contributed by atoms with Gasteiger partial charge in [-0.15, -0.1) is 0 Å². The van der Waals surface area contributed by atoms with E-state index in [9.17, 15) is 23.3 Å². The molecule has 0 bridgehead atoms. The number of aryl methyl sites for hydroxylation is 1. The number of rotatable bonds is 9. The Morgan fingerprint density at radius 1 is 1.15 bits per heavy atom. The van der Waals surface area contributed by atoms with Crippen LogP contribution in [-0.4, -0.2) is 53.2 Å². The molecule has 0 aliphatic rings. The summed E-state index contributed by atoms with van der Waals surface area (Å²) in [7, 11) is -1.32. The number of nitro groups is 1. The summed E-state index contributed by atoms with van der Waals surface area (Å²) in [5.74, 6) is -0.804. The molecule has 14 nitrogen and oxygen atoms in total. The van der Waals surface area contributed by atoms with Crippen LogP contribution in [0.4, 0.5) is 17.3 Å². The van der Waals surface area contributed by atoms with Crippen molar-refractivity contribution >= 4 is 33.3 Å². The van der Waals surface area contributed by atoms with Crippen LogP contribution in [0, 0.1) is 17.0 Å². The highest BCUT2D eigenvalue weighted by molar-refractivity contribution is 7.92. The van der Waals surface area contributed by atoms with Crippen LogP contribution in [0.3, 0.4) is 0 Å². The predicted molar refractivity (Wildman–Crippen MR) is 115 cm³/mol. The zero-order valence-electron chi connectivity index (χ0n) is 17.7. The highest BCUT2D eigenvalue weighted by Crippen LogP contribution is 2.21. The quantitative estimate of drug-likeness (QED) is 0.337. The summed E-state index contributed by atoms with van der Waals surface area (Å²) in [6, 6.07) is 7.83. The summed E-state index contributed by atoms with van der Waals surface area (Å²) in [6.07, 6.45) is 0. The number of carbonyl (C=O) groups is 1. The molecule has 3 aromatic rings. The monoisotopic (exact) mass is 477 g/mol. The van der Waals surface area contributed by atoms with Crippen molar-refractivity contribution in [2.75, 3.05) is 24.3 Å². The molecule has 3 rings (SSSR count). The fraction of sp³-hybridized carbons (Fsp3) is 0.222. The Morgan fingerprint density at radius 3 is 2.42 bits per heavy atom. The molecule has 0 aliphatic carbocycles. The maximum Gasteiger partial charge on any atom is 0.390 e. The lowest BCUT2D eigenvalue weighted by Gasteiger charge is -2.10. The topological polar surface area (TPSA) is 180 Å². The molecule has 1 aromatic carbocycles. The minimum absolute atomic E-state index is 0.0558. The largest absolute Gasteiger partial charge is 0.481 e. The van der Waals surface area contributed by atoms with Crippen LogP contribution in [0.1, 0.15) is 5.69 Å². The lowest BCUT2D eigenvalue weighted by Crippen LogP contribution is -2.20. The van der Waals surface area contributed by atoms with E-state index in [1.165, 1.54) is 55.3 Å². The molecule has 2 heterocycles. The number of nitrogens with zero attached hydrogens (tertiary/aromatic N) is 5. The van der Waals surface area contributed by atoms with E-state index < -0.39 is 20.9 Å². The van der Waals surface area contributed by atoms with Gasteiger partial charge >= 0.3 is 11.8 Å². The molecule has 174 valence electrons. The first-order valence-corrected chi connectivity index (χ1v) is 10.7. The SMILES string of the molecule is COc1cc(NS(=O)(=O)c2ccc(NC(=O)Cn3nc([N+](=O)[O-])cc3C)cc2)nc(OC)n1. The first-order chi connectivity index (χ1) is 15.6. The molecule has 0 spiro atoms. The average Bonchev–Trinajstić information content (AvgIpc) is 3.13. The number of ether oxygens (including phenoxy) is 2. The molecule has 0 fully saturated rings. The third-order valence-electron chi connectivity index (χ3n) is 4.21. The molecule has 2 N–H and O–H groups in total. The van der Waals surface area contributed by atoms with Crippen molar-refractivity contribution in [3.8, 4) is 11.9 Å². The van der Waals surface area contributed by atoms with Crippen molar-refractivity contribution in [1.82, 2.24) is 19.7 Å². The number of carbonyl (C=O) groups excluding carboxylic acids is 1. The number of hydrogen-bond acceptors (Lipinski definition) is 10. The second kappa shape index (κ2) is 9.47. The van der Waals surface area contributed by atoms with Gasteiger partial charge in [-0.25, -0.2) is 8.42 Å². The van der Waals surface area contributed by atoms with E-state index in [0.717, 1.165) is 0 Å². The Bertz CT molecular complexity index is 1270. The second-order valence-corrected chi connectivity index (χ2v) is 8.20. The van der Waals surface area contributed by atoms with E-state index in [0.29, 0.717) is 11.4 Å². The first-order valence-electron chi connectivity index (χ1n) is 9.20. The zero-order valence-corrected chi connectivity index (χ0v) is 18.5. The van der Waals surface area contributed by atoms with E-state index in [-0.39, 0.29) is 35.0 Å². The average molecular weight is 477 g/mol. The minimum atomic E-state index is -4.01. The van der Waals surface area contributed by atoms with Crippen molar-refractivity contribution in [3.63, 3.8) is 0 Å². The van der Waals surface area contributed by atoms with Gasteiger partial charge in [0.05, 0.1) is 36.0 Å². The normalized spacial score (nSPS) is 11.0. The van der Waals surface area contributed by atoms with Crippen LogP contribution in [0.5, 0.6) is 11.9 Å². The number of nitrogens with one attached hydrogen (secondary N) is 2. The van der Waals surface area contributed by atoms with Crippen LogP contribution in [-0.2, 0) is 21.4 Å². The zero-order chi connectivity index (χ0) is 24.2. The Hall–Kier alpha value is -4.27. The Labute approximate surface area is 187 Å². The molecule has 0 saturated carbocycles. The summed E-state index contributed by atoms with van der Waals surface area (Å²) in [5, 5.41) is 17.1. The number of benzene rings is 1. The summed E-state index contributed by atoms with van der Waals surface area (Å²) >= 11 is 0. The number of sulfonamides is 1. The molecular weight excluding hydrogens is 458 g/mol. The van der Waals surface area contributed by atoms with Crippen molar-refractivity contribution in [1.29, 1.82) is 0 Å². The molecule has 0 unspecified atom stereocenters. The minimum Gasteiger partial charge on any atom is -0.481 e. The standard InChI is InChI=1S/C18H19N7O7S/c1-11-8-15(25(27)28)22-24(11)10-16(26)19-12-4-6-13(7-5-12)33(29,30)23-14-9-17(31-2)21-18(20-14)32-3/h4-9H,10H2,1-3H3,(H,19,26)(H,20,21,23). The Kier molecular flexibility index (Phi) is 6.72. The second-order valence-electron chi connectivity index (χ2n) is 6.52. The highest BCUT2D eigenvalue weighted by Gasteiger charge is 2.19. The fourth-order valence-electron chi connectivity index (χ4n) is 2.64. The van der Waals surface area contributed by atoms with Crippen molar-refractivity contribution < 1.29 is 27.6 Å². The van der Waals surface area contributed by atoms with Crippen molar-refractivity contribution in [3.05, 3.63) is 52.2 Å². The van der Waals surface area contributed by atoms with E-state index in [2.05, 4.69) is 25.1 Å². The summed E-state index contributed by atoms with van der Waals surface area (Å²) < 4.78 is 38.7. The lowest BCUT2D eigenvalue weighted by molar-refractivity contribution is -0.389. The Balaban J connectivity index is 1.69. The van der Waals surface area contributed by atoms with Crippen LogP contribution >= 0.6 is 0 Å². The van der Waals surface area contributed by atoms with Gasteiger partial charge in [0, 0.05) is 11.8 Å². The summed E-state index contributed by atoms with van der Waals surface area (Å²) in [5.41, 5.74) is 0.769. The van der Waals surface area contributed by atoms with E-state index in [1.54, 1.807) is 6.92 Å². The molecule has 0 atom stereocenters. The van der Waals surface area contributed by atoms with Gasteiger partial charge in [-0.05, 0) is 36.1 Å². The fourth-order valence-corrected chi connectivity index (χ4v) is 3.64. The number of methoxy groups -OCH3 is 2. The van der Waals surface area contributed by atoms with Crippen LogP contribution in [0.25, 0.3) is 0 Å². The van der Waals surface area contributed by atoms with Crippen molar-refractivity contribution in [2.45, 2.75) is 18.4 Å². The van der Waals surface area contributed by atoms with E-state index >= 15 is 0 Å². The molecule has 15 heteroatoms. The van der Waals surface area contributed by atoms with Gasteiger partial charge in [-0.2, -0.15) is 14.6 Å². The van der Waals surface area contributed by atoms with Gasteiger partial charge in [0.15, 0.2) is 5.82 Å². The van der Waals surface area contributed by atoms with Gasteiger partial charge in [0.25, 0.3) is 10.0 Å². The van der Waals surface area contributed by atoms with Crippen LogP contribution < -0.4 is 19.5 Å². The molecular formula is C18H19N7O7S. The third-order valence-corrected chi connectivity index (χ3v) is 5.58. The van der Waals surface area contributed by atoms with E-state index in [1.807, 2.05) is 0 Å². The van der Waals surface area contributed by atoms with Gasteiger partial charge in [-0.3, -0.25) is 9.52 Å². The predicted octanol–water partition coefficient (Wildman–Crippen LogP) is 1.35. The Morgan fingerprint density at radius 2 is 1.85 bits per heavy atom. The summed E-state index contributed by atoms with van der Waals surface area (Å²) in [6.45, 7) is 1.33. The van der Waals surface area contributed by atoms with Gasteiger partial charge in [-0.1, -0.05) is 0 Å². The number of anilines is 2. The number of aromatic nitrogens is 4. The van der Waals surface area contributed by atoms with Crippen molar-refractivity contribution in [2.24, 2.45) is 0 Å². The van der Waals surface area contributed by atoms with Crippen LogP contribution in [0.15, 0.2) is 41.3 Å². The first kappa shape index (κ1) is 23.4. The third kappa shape index (κ3) is 5.70. The maximum absolute atomic E-state index is 12.7. The molecule has 33 heavy (non-hydrogen) atoms. The molecule has 1 amide bonds.